The fourth-order valence-corrected chi connectivity index (χ4v) is 2.58. The smallest absolute Gasteiger partial charge is 0.346 e. The van der Waals surface area contributed by atoms with E-state index in [0.717, 1.165) is 24.2 Å². The van der Waals surface area contributed by atoms with Crippen molar-refractivity contribution in [3.8, 4) is 0 Å². The van der Waals surface area contributed by atoms with E-state index in [0.29, 0.717) is 16.4 Å². The summed E-state index contributed by atoms with van der Waals surface area (Å²) in [5, 5.41) is 18.6. The van der Waals surface area contributed by atoms with Gasteiger partial charge in [-0.2, -0.15) is 0 Å². The molecule has 0 saturated carbocycles. The third kappa shape index (κ3) is 3.02. The second-order valence-corrected chi connectivity index (χ2v) is 5.29. The second kappa shape index (κ2) is 5.83. The number of hydrogen-bond donors (Lipinski definition) is 3. The van der Waals surface area contributed by atoms with Gasteiger partial charge in [0.05, 0.1) is 5.00 Å². The minimum atomic E-state index is -1.00. The molecule has 20 heavy (non-hydrogen) atoms. The molecular weight excluding hydrogens is 280 g/mol. The number of aromatic carboxylic acids is 1. The van der Waals surface area contributed by atoms with Crippen molar-refractivity contribution in [1.29, 1.82) is 0 Å². The van der Waals surface area contributed by atoms with Crippen LogP contribution in [0.4, 0.5) is 5.00 Å². The lowest BCUT2D eigenvalue weighted by molar-refractivity contribution is 0.0701. The number of aromatic nitrogens is 3. The SMILES string of the molecule is CCCc1nc(C(=O)Nc2cc(C)c(C(=O)O)s2)n[nH]1. The molecule has 106 valence electrons. The van der Waals surface area contributed by atoms with Crippen LogP contribution in [0.5, 0.6) is 0 Å². The maximum absolute atomic E-state index is 11.9. The van der Waals surface area contributed by atoms with Crippen LogP contribution in [-0.4, -0.2) is 32.2 Å². The van der Waals surface area contributed by atoms with Crippen LogP contribution in [-0.2, 0) is 6.42 Å². The maximum Gasteiger partial charge on any atom is 0.346 e. The average Bonchev–Trinajstić information content (AvgIpc) is 2.97. The number of nitrogens with one attached hydrogen (secondary N) is 2. The molecule has 2 aromatic rings. The topological polar surface area (TPSA) is 108 Å². The molecule has 0 bridgehead atoms. The highest BCUT2D eigenvalue weighted by Gasteiger charge is 2.16. The molecule has 1 amide bonds. The predicted octanol–water partition coefficient (Wildman–Crippen LogP) is 2.08. The average molecular weight is 294 g/mol. The first-order valence-corrected chi connectivity index (χ1v) is 6.89. The molecule has 8 heteroatoms. The monoisotopic (exact) mass is 294 g/mol. The Hall–Kier alpha value is -2.22. The number of rotatable bonds is 5. The van der Waals surface area contributed by atoms with Crippen molar-refractivity contribution >= 4 is 28.2 Å². The fourth-order valence-electron chi connectivity index (χ4n) is 1.67. The van der Waals surface area contributed by atoms with Crippen LogP contribution in [0.25, 0.3) is 0 Å². The van der Waals surface area contributed by atoms with Gasteiger partial charge in [0.1, 0.15) is 10.7 Å². The quantitative estimate of drug-likeness (QED) is 0.782. The van der Waals surface area contributed by atoms with Crippen LogP contribution in [0.2, 0.25) is 0 Å². The van der Waals surface area contributed by atoms with Crippen LogP contribution >= 0.6 is 11.3 Å². The first kappa shape index (κ1) is 14.2. The summed E-state index contributed by atoms with van der Waals surface area (Å²) in [5.41, 5.74) is 0.611. The Labute approximate surface area is 119 Å². The van der Waals surface area contributed by atoms with E-state index in [1.807, 2.05) is 6.92 Å². The molecule has 0 unspecified atom stereocenters. The standard InChI is InChI=1S/C12H14N4O3S/c1-3-4-7-13-10(16-15-7)11(17)14-8-5-6(2)9(20-8)12(18)19/h5H,3-4H2,1-2H3,(H,14,17)(H,18,19)(H,13,15,16). The molecule has 0 aliphatic rings. The highest BCUT2D eigenvalue weighted by Crippen LogP contribution is 2.26. The molecule has 0 aromatic carbocycles. The number of H-pyrrole nitrogens is 1. The zero-order valence-corrected chi connectivity index (χ0v) is 11.9. The Morgan fingerprint density at radius 3 is 2.85 bits per heavy atom. The molecule has 0 spiro atoms. The van der Waals surface area contributed by atoms with E-state index in [-0.39, 0.29) is 10.7 Å². The molecule has 0 radical (unpaired) electrons. The van der Waals surface area contributed by atoms with E-state index in [2.05, 4.69) is 20.5 Å². The lowest BCUT2D eigenvalue weighted by atomic mass is 10.3. The third-order valence-electron chi connectivity index (χ3n) is 2.57. The van der Waals surface area contributed by atoms with Gasteiger partial charge in [0.25, 0.3) is 5.91 Å². The number of carboxylic acids is 1. The number of nitrogens with zero attached hydrogens (tertiary/aromatic N) is 2. The Morgan fingerprint density at radius 1 is 1.50 bits per heavy atom. The first-order chi connectivity index (χ1) is 9.51. The predicted molar refractivity (Wildman–Crippen MR) is 74.3 cm³/mol. The van der Waals surface area contributed by atoms with Crippen molar-refractivity contribution in [3.05, 3.63) is 28.2 Å². The molecule has 0 aliphatic carbocycles. The van der Waals surface area contributed by atoms with Gasteiger partial charge in [-0.05, 0) is 25.0 Å². The van der Waals surface area contributed by atoms with Gasteiger partial charge in [0.15, 0.2) is 0 Å². The molecular formula is C12H14N4O3S. The van der Waals surface area contributed by atoms with Crippen LogP contribution in [0, 0.1) is 6.92 Å². The molecule has 0 aliphatic heterocycles. The maximum atomic E-state index is 11.9. The Balaban J connectivity index is 2.10. The van der Waals surface area contributed by atoms with Crippen LogP contribution < -0.4 is 5.32 Å². The van der Waals surface area contributed by atoms with Crippen molar-refractivity contribution in [1.82, 2.24) is 15.2 Å². The molecule has 2 aromatic heterocycles. The first-order valence-electron chi connectivity index (χ1n) is 6.07. The third-order valence-corrected chi connectivity index (χ3v) is 3.71. The minimum absolute atomic E-state index is 0.0522. The summed E-state index contributed by atoms with van der Waals surface area (Å²) in [5.74, 6) is -0.750. The number of carbonyl (C=O) groups is 2. The van der Waals surface area contributed by atoms with E-state index in [9.17, 15) is 9.59 Å². The van der Waals surface area contributed by atoms with E-state index < -0.39 is 11.9 Å². The van der Waals surface area contributed by atoms with E-state index >= 15 is 0 Å². The molecule has 7 nitrogen and oxygen atoms in total. The van der Waals surface area contributed by atoms with Crippen LogP contribution in [0.3, 0.4) is 0 Å². The highest BCUT2D eigenvalue weighted by atomic mass is 32.1. The van der Waals surface area contributed by atoms with E-state index in [1.165, 1.54) is 0 Å². The van der Waals surface area contributed by atoms with Gasteiger partial charge < -0.3 is 10.4 Å². The molecule has 2 heterocycles. The van der Waals surface area contributed by atoms with Gasteiger partial charge >= 0.3 is 5.97 Å². The van der Waals surface area contributed by atoms with Crippen LogP contribution in [0.1, 0.15) is 45.0 Å². The number of aromatic amines is 1. The molecule has 2 rings (SSSR count). The Kier molecular flexibility index (Phi) is 4.14. The summed E-state index contributed by atoms with van der Waals surface area (Å²) in [6.45, 7) is 3.69. The number of hydrogen-bond acceptors (Lipinski definition) is 5. The van der Waals surface area contributed by atoms with Gasteiger partial charge in [-0.1, -0.05) is 6.92 Å². The molecule has 0 saturated heterocycles. The van der Waals surface area contributed by atoms with Crippen molar-refractivity contribution in [2.45, 2.75) is 26.7 Å². The number of carboxylic acid groups (broad SMARTS) is 1. The van der Waals surface area contributed by atoms with Gasteiger partial charge in [-0.15, -0.1) is 16.4 Å². The second-order valence-electron chi connectivity index (χ2n) is 4.24. The fraction of sp³-hybridized carbons (Fsp3) is 0.333. The zero-order valence-electron chi connectivity index (χ0n) is 11.1. The lowest BCUT2D eigenvalue weighted by Gasteiger charge is -1.96. The summed E-state index contributed by atoms with van der Waals surface area (Å²) >= 11 is 1.01. The molecule has 0 fully saturated rings. The molecule has 0 atom stereocenters. The van der Waals surface area contributed by atoms with Gasteiger partial charge in [-0.25, -0.2) is 9.78 Å². The number of amides is 1. The number of thiophene rings is 1. The highest BCUT2D eigenvalue weighted by molar-refractivity contribution is 7.18. The molecule has 3 N–H and O–H groups in total. The minimum Gasteiger partial charge on any atom is -0.477 e. The number of anilines is 1. The Morgan fingerprint density at radius 2 is 2.25 bits per heavy atom. The number of aryl methyl sites for hydroxylation is 2. The summed E-state index contributed by atoms with van der Waals surface area (Å²) in [7, 11) is 0. The largest absolute Gasteiger partial charge is 0.477 e. The van der Waals surface area contributed by atoms with Crippen LogP contribution in [0.15, 0.2) is 6.07 Å². The summed E-state index contributed by atoms with van der Waals surface area (Å²) in [6, 6.07) is 1.62. The van der Waals surface area contributed by atoms with Gasteiger partial charge in [0, 0.05) is 6.42 Å². The zero-order chi connectivity index (χ0) is 14.7. The van der Waals surface area contributed by atoms with Gasteiger partial charge in [0.2, 0.25) is 5.82 Å². The normalized spacial score (nSPS) is 10.5. The van der Waals surface area contributed by atoms with Crippen molar-refractivity contribution in [2.24, 2.45) is 0 Å². The number of carbonyl (C=O) groups excluding carboxylic acids is 1. The van der Waals surface area contributed by atoms with Crippen molar-refractivity contribution < 1.29 is 14.7 Å². The van der Waals surface area contributed by atoms with Crippen molar-refractivity contribution in [2.75, 3.05) is 5.32 Å². The van der Waals surface area contributed by atoms with Crippen molar-refractivity contribution in [3.63, 3.8) is 0 Å². The lowest BCUT2D eigenvalue weighted by Crippen LogP contribution is -2.12. The summed E-state index contributed by atoms with van der Waals surface area (Å²) in [4.78, 5) is 27.1. The Bertz CT molecular complexity index is 647. The summed E-state index contributed by atoms with van der Waals surface area (Å²) in [6.07, 6.45) is 1.63. The van der Waals surface area contributed by atoms with E-state index in [4.69, 9.17) is 5.11 Å². The summed E-state index contributed by atoms with van der Waals surface area (Å²) < 4.78 is 0. The van der Waals surface area contributed by atoms with E-state index in [1.54, 1.807) is 13.0 Å². The van der Waals surface area contributed by atoms with Gasteiger partial charge in [-0.3, -0.25) is 9.89 Å².